The van der Waals surface area contributed by atoms with E-state index >= 15 is 0 Å². The first kappa shape index (κ1) is 22.6. The minimum atomic E-state index is -4.18. The lowest BCUT2D eigenvalue weighted by atomic mass is 10.2. The van der Waals surface area contributed by atoms with Gasteiger partial charge in [-0.1, -0.05) is 12.1 Å². The predicted molar refractivity (Wildman–Crippen MR) is 121 cm³/mol. The first-order valence-electron chi connectivity index (χ1n) is 9.21. The molecule has 0 aliphatic heterocycles. The first-order chi connectivity index (χ1) is 15.3. The van der Waals surface area contributed by atoms with Gasteiger partial charge in [0, 0.05) is 23.4 Å². The number of rotatable bonds is 9. The van der Waals surface area contributed by atoms with Gasteiger partial charge in [-0.3, -0.25) is 20.3 Å². The fourth-order valence-corrected chi connectivity index (χ4v) is 3.99. The maximum absolute atomic E-state index is 13.0. The van der Waals surface area contributed by atoms with E-state index in [0.717, 1.165) is 6.07 Å². The van der Waals surface area contributed by atoms with Crippen LogP contribution in [0.25, 0.3) is 0 Å². The summed E-state index contributed by atoms with van der Waals surface area (Å²) in [5.74, 6) is 1.13. The van der Waals surface area contributed by atoms with E-state index in [-0.39, 0.29) is 22.0 Å². The van der Waals surface area contributed by atoms with E-state index < -0.39 is 14.9 Å². The average molecular weight is 456 g/mol. The Morgan fingerprint density at radius 2 is 1.72 bits per heavy atom. The van der Waals surface area contributed by atoms with Gasteiger partial charge in [0.05, 0.1) is 31.0 Å². The van der Waals surface area contributed by atoms with Crippen molar-refractivity contribution in [3.63, 3.8) is 0 Å². The SMILES string of the molecule is COc1ccc(NS(=O)(=O)c2cc([N+](=O)[O-])ccc2N/N=C/c2ccccc2OC)cc1. The summed E-state index contributed by atoms with van der Waals surface area (Å²) in [5, 5.41) is 15.3. The fraction of sp³-hybridized carbons (Fsp3) is 0.0952. The largest absolute Gasteiger partial charge is 0.497 e. The van der Waals surface area contributed by atoms with Gasteiger partial charge in [0.15, 0.2) is 0 Å². The summed E-state index contributed by atoms with van der Waals surface area (Å²) in [5.41, 5.74) is 3.25. The molecule has 0 atom stereocenters. The molecule has 0 aromatic heterocycles. The lowest BCUT2D eigenvalue weighted by molar-refractivity contribution is -0.385. The number of anilines is 2. The van der Waals surface area contributed by atoms with Crippen molar-refractivity contribution in [2.75, 3.05) is 24.4 Å². The van der Waals surface area contributed by atoms with Gasteiger partial charge in [0.2, 0.25) is 0 Å². The molecule has 0 radical (unpaired) electrons. The molecule has 0 bridgehead atoms. The van der Waals surface area contributed by atoms with Crippen LogP contribution in [-0.4, -0.2) is 33.8 Å². The van der Waals surface area contributed by atoms with Gasteiger partial charge < -0.3 is 9.47 Å². The van der Waals surface area contributed by atoms with Crippen LogP contribution in [0.3, 0.4) is 0 Å². The number of para-hydroxylation sites is 1. The van der Waals surface area contributed by atoms with Gasteiger partial charge in [-0.25, -0.2) is 8.42 Å². The van der Waals surface area contributed by atoms with Crippen LogP contribution in [0.4, 0.5) is 17.1 Å². The number of nitro groups is 1. The third-order valence-corrected chi connectivity index (χ3v) is 5.76. The third-order valence-electron chi connectivity index (χ3n) is 4.34. The van der Waals surface area contributed by atoms with E-state index in [1.165, 1.54) is 44.7 Å². The molecule has 11 heteroatoms. The van der Waals surface area contributed by atoms with Crippen molar-refractivity contribution < 1.29 is 22.8 Å². The summed E-state index contributed by atoms with van der Waals surface area (Å²) in [6, 6.07) is 16.7. The summed E-state index contributed by atoms with van der Waals surface area (Å²) in [7, 11) is -1.17. The molecule has 3 aromatic rings. The van der Waals surface area contributed by atoms with E-state index in [2.05, 4.69) is 15.2 Å². The Bertz CT molecular complexity index is 1240. The molecule has 0 spiro atoms. The number of ether oxygens (including phenoxy) is 2. The highest BCUT2D eigenvalue weighted by Gasteiger charge is 2.22. The van der Waals surface area contributed by atoms with Crippen molar-refractivity contribution in [1.82, 2.24) is 0 Å². The lowest BCUT2D eigenvalue weighted by Crippen LogP contribution is -2.15. The van der Waals surface area contributed by atoms with Crippen molar-refractivity contribution in [2.45, 2.75) is 4.90 Å². The van der Waals surface area contributed by atoms with E-state index in [4.69, 9.17) is 9.47 Å². The third kappa shape index (κ3) is 5.32. The number of hydrogen-bond donors (Lipinski definition) is 2. The normalized spacial score (nSPS) is 11.2. The zero-order chi connectivity index (χ0) is 23.1. The highest BCUT2D eigenvalue weighted by atomic mass is 32.2. The topological polar surface area (TPSA) is 132 Å². The number of hydrazone groups is 1. The van der Waals surface area contributed by atoms with Crippen LogP contribution in [0.1, 0.15) is 5.56 Å². The van der Waals surface area contributed by atoms with Crippen LogP contribution in [0.2, 0.25) is 0 Å². The molecule has 0 aliphatic rings. The second-order valence-electron chi connectivity index (χ2n) is 6.38. The number of benzene rings is 3. The van der Waals surface area contributed by atoms with Crippen molar-refractivity contribution in [1.29, 1.82) is 0 Å². The summed E-state index contributed by atoms with van der Waals surface area (Å²) in [6.07, 6.45) is 1.45. The van der Waals surface area contributed by atoms with Crippen molar-refractivity contribution in [3.05, 3.63) is 82.4 Å². The molecule has 3 rings (SSSR count). The van der Waals surface area contributed by atoms with E-state index in [1.807, 2.05) is 0 Å². The van der Waals surface area contributed by atoms with Crippen LogP contribution in [0.15, 0.2) is 76.7 Å². The maximum atomic E-state index is 13.0. The van der Waals surface area contributed by atoms with E-state index in [9.17, 15) is 18.5 Å². The van der Waals surface area contributed by atoms with Crippen LogP contribution in [0.5, 0.6) is 11.5 Å². The van der Waals surface area contributed by atoms with Crippen molar-refractivity contribution in [2.24, 2.45) is 5.10 Å². The summed E-state index contributed by atoms with van der Waals surface area (Å²) in [4.78, 5) is 10.2. The summed E-state index contributed by atoms with van der Waals surface area (Å²) < 4.78 is 38.7. The van der Waals surface area contributed by atoms with Gasteiger partial charge in [0.25, 0.3) is 15.7 Å². The van der Waals surface area contributed by atoms with Crippen LogP contribution < -0.4 is 19.6 Å². The Morgan fingerprint density at radius 1 is 1.00 bits per heavy atom. The van der Waals surface area contributed by atoms with Gasteiger partial charge in [0.1, 0.15) is 16.4 Å². The monoisotopic (exact) mass is 456 g/mol. The van der Waals surface area contributed by atoms with Gasteiger partial charge in [-0.05, 0) is 42.5 Å². The second-order valence-corrected chi connectivity index (χ2v) is 8.03. The molecule has 3 aromatic carbocycles. The molecule has 10 nitrogen and oxygen atoms in total. The Morgan fingerprint density at radius 3 is 2.38 bits per heavy atom. The number of sulfonamides is 1. The molecule has 0 heterocycles. The van der Waals surface area contributed by atoms with Gasteiger partial charge in [-0.2, -0.15) is 5.10 Å². The van der Waals surface area contributed by atoms with Crippen LogP contribution in [-0.2, 0) is 10.0 Å². The number of nitro benzene ring substituents is 1. The molecule has 0 aliphatic carbocycles. The number of hydrogen-bond acceptors (Lipinski definition) is 8. The van der Waals surface area contributed by atoms with E-state index in [1.54, 1.807) is 36.4 Å². The Balaban J connectivity index is 1.93. The summed E-state index contributed by atoms with van der Waals surface area (Å²) >= 11 is 0. The van der Waals surface area contributed by atoms with E-state index in [0.29, 0.717) is 17.1 Å². The smallest absolute Gasteiger partial charge is 0.270 e. The molecule has 2 N–H and O–H groups in total. The molecular formula is C21H20N4O6S. The average Bonchev–Trinajstić information content (AvgIpc) is 2.79. The number of non-ortho nitro benzene ring substituents is 1. The predicted octanol–water partition coefficient (Wildman–Crippen LogP) is 3.86. The van der Waals surface area contributed by atoms with Crippen LogP contribution >= 0.6 is 0 Å². The molecular weight excluding hydrogens is 436 g/mol. The van der Waals surface area contributed by atoms with Gasteiger partial charge >= 0.3 is 0 Å². The zero-order valence-electron chi connectivity index (χ0n) is 17.2. The number of methoxy groups -OCH3 is 2. The number of nitrogens with one attached hydrogen (secondary N) is 2. The van der Waals surface area contributed by atoms with Crippen LogP contribution in [0, 0.1) is 10.1 Å². The minimum absolute atomic E-state index is 0.0581. The lowest BCUT2D eigenvalue weighted by Gasteiger charge is -2.12. The van der Waals surface area contributed by atoms with Crippen molar-refractivity contribution in [3.8, 4) is 11.5 Å². The molecule has 0 unspecified atom stereocenters. The Hall–Kier alpha value is -4.12. The zero-order valence-corrected chi connectivity index (χ0v) is 18.0. The first-order valence-corrected chi connectivity index (χ1v) is 10.7. The van der Waals surface area contributed by atoms with Crippen molar-refractivity contribution >= 4 is 33.3 Å². The highest BCUT2D eigenvalue weighted by molar-refractivity contribution is 7.92. The molecule has 0 saturated heterocycles. The Labute approximate surface area is 184 Å². The molecule has 0 saturated carbocycles. The molecule has 0 fully saturated rings. The molecule has 166 valence electrons. The van der Waals surface area contributed by atoms with Gasteiger partial charge in [-0.15, -0.1) is 0 Å². The highest BCUT2D eigenvalue weighted by Crippen LogP contribution is 2.29. The standard InChI is InChI=1S/C21H20N4O6S/c1-30-18-10-7-16(8-11-18)24-32(28,29)21-13-17(25(26)27)9-12-19(21)23-22-14-15-5-3-4-6-20(15)31-2/h3-14,23-24H,1-2H3/b22-14+. The fourth-order valence-electron chi connectivity index (χ4n) is 2.75. The molecule has 0 amide bonds. The quantitative estimate of drug-likeness (QED) is 0.284. The Kier molecular flexibility index (Phi) is 6.90. The minimum Gasteiger partial charge on any atom is -0.497 e. The molecule has 32 heavy (non-hydrogen) atoms. The number of nitrogens with zero attached hydrogens (tertiary/aromatic N) is 2. The summed E-state index contributed by atoms with van der Waals surface area (Å²) in [6.45, 7) is 0. The maximum Gasteiger partial charge on any atom is 0.270 e. The second kappa shape index (κ2) is 9.79.